The fraction of sp³-hybridized carbons (Fsp3) is 0.294. The van der Waals surface area contributed by atoms with Crippen molar-refractivity contribution in [2.45, 2.75) is 24.4 Å². The number of halogens is 2. The summed E-state index contributed by atoms with van der Waals surface area (Å²) in [5.74, 6) is 1.29. The van der Waals surface area contributed by atoms with Crippen molar-refractivity contribution in [3.05, 3.63) is 128 Å². The molecule has 2 aliphatic rings. The molecule has 0 aromatic heterocycles. The molecule has 42 heavy (non-hydrogen) atoms. The van der Waals surface area contributed by atoms with Crippen LogP contribution in [0.1, 0.15) is 33.4 Å². The minimum atomic E-state index is -1.14. The van der Waals surface area contributed by atoms with Gasteiger partial charge in [-0.2, -0.15) is 0 Å². The number of hydrogen-bond acceptors (Lipinski definition) is 6. The molecule has 4 aromatic rings. The maximum atomic E-state index is 11.5. The van der Waals surface area contributed by atoms with Gasteiger partial charge in [0.1, 0.15) is 35.9 Å². The molecule has 2 atom stereocenters. The quantitative estimate of drug-likeness (QED) is 0.294. The molecule has 8 heteroatoms. The van der Waals surface area contributed by atoms with Crippen LogP contribution in [0.4, 0.5) is 0 Å². The molecule has 0 bridgehead atoms. The van der Waals surface area contributed by atoms with Crippen LogP contribution in [0.25, 0.3) is 0 Å². The highest BCUT2D eigenvalue weighted by Crippen LogP contribution is 2.44. The molecule has 0 aliphatic carbocycles. The van der Waals surface area contributed by atoms with Crippen molar-refractivity contribution in [3.63, 3.8) is 0 Å². The van der Waals surface area contributed by atoms with Crippen LogP contribution in [0.15, 0.2) is 84.9 Å². The lowest BCUT2D eigenvalue weighted by Gasteiger charge is -2.32. The number of ether oxygens (including phenoxy) is 2. The lowest BCUT2D eigenvalue weighted by molar-refractivity contribution is 0.0504. The number of nitrogens with zero attached hydrogens (tertiary/aromatic N) is 2. The smallest absolute Gasteiger partial charge is 0.144 e. The highest BCUT2D eigenvalue weighted by atomic mass is 35.5. The van der Waals surface area contributed by atoms with Crippen molar-refractivity contribution in [2.24, 2.45) is 0 Å². The second kappa shape index (κ2) is 12.3. The molecule has 6 nitrogen and oxygen atoms in total. The number of benzene rings is 4. The molecule has 4 aromatic carbocycles. The Morgan fingerprint density at radius 1 is 0.643 bits per heavy atom. The molecule has 0 fully saturated rings. The van der Waals surface area contributed by atoms with Gasteiger partial charge in [-0.05, 0) is 74.7 Å². The first-order valence-electron chi connectivity index (χ1n) is 13.8. The van der Waals surface area contributed by atoms with Crippen LogP contribution in [0, 0.1) is 0 Å². The monoisotopic (exact) mass is 606 g/mol. The van der Waals surface area contributed by atoms with Gasteiger partial charge in [0.15, 0.2) is 0 Å². The van der Waals surface area contributed by atoms with Crippen LogP contribution in [0.5, 0.6) is 11.5 Å². The molecule has 2 unspecified atom stereocenters. The van der Waals surface area contributed by atoms with Gasteiger partial charge in [-0.25, -0.2) is 0 Å². The van der Waals surface area contributed by atoms with Gasteiger partial charge >= 0.3 is 0 Å². The Morgan fingerprint density at radius 3 is 1.93 bits per heavy atom. The largest absolute Gasteiger partial charge is 0.488 e. The molecule has 2 N–H and O–H groups in total. The molecule has 0 radical (unpaired) electrons. The van der Waals surface area contributed by atoms with Gasteiger partial charge in [-0.3, -0.25) is 0 Å². The predicted octanol–water partition coefficient (Wildman–Crippen LogP) is 6.06. The van der Waals surface area contributed by atoms with Crippen LogP contribution in [0.3, 0.4) is 0 Å². The third kappa shape index (κ3) is 5.88. The predicted molar refractivity (Wildman–Crippen MR) is 168 cm³/mol. The van der Waals surface area contributed by atoms with E-state index in [0.717, 1.165) is 27.8 Å². The summed E-state index contributed by atoms with van der Waals surface area (Å²) in [6.07, 6.45) is 0. The fourth-order valence-corrected chi connectivity index (χ4v) is 6.33. The normalized spacial score (nSPS) is 20.4. The Balaban J connectivity index is 0.000000168. The van der Waals surface area contributed by atoms with Gasteiger partial charge in [0, 0.05) is 29.2 Å². The van der Waals surface area contributed by atoms with Gasteiger partial charge in [0.25, 0.3) is 0 Å². The van der Waals surface area contributed by atoms with Crippen LogP contribution in [0.2, 0.25) is 10.0 Å². The zero-order chi connectivity index (χ0) is 30.1. The SMILES string of the molecule is CN(C)CC1(O)c2ccc(Cl)cc2COc2ccccc21.CN(C)CC1(O)c2ccccc2COc2c(Cl)cccc21. The second-order valence-corrected chi connectivity index (χ2v) is 12.2. The summed E-state index contributed by atoms with van der Waals surface area (Å²) in [5, 5.41) is 24.1. The second-order valence-electron chi connectivity index (χ2n) is 11.3. The summed E-state index contributed by atoms with van der Waals surface area (Å²) in [5.41, 5.74) is 2.88. The molecule has 0 saturated carbocycles. The topological polar surface area (TPSA) is 65.4 Å². The first kappa shape index (κ1) is 30.4. The van der Waals surface area contributed by atoms with E-state index in [0.29, 0.717) is 53.4 Å². The lowest BCUT2D eigenvalue weighted by Crippen LogP contribution is -2.39. The Kier molecular flexibility index (Phi) is 8.86. The summed E-state index contributed by atoms with van der Waals surface area (Å²) in [6, 6.07) is 26.6. The third-order valence-corrected chi connectivity index (χ3v) is 8.10. The van der Waals surface area contributed by atoms with Gasteiger partial charge in [0.2, 0.25) is 0 Å². The van der Waals surface area contributed by atoms with Gasteiger partial charge in [0.05, 0.1) is 5.02 Å². The van der Waals surface area contributed by atoms with Gasteiger partial charge < -0.3 is 29.5 Å². The Labute approximate surface area is 257 Å². The third-order valence-electron chi connectivity index (χ3n) is 7.57. The molecule has 0 spiro atoms. The fourth-order valence-electron chi connectivity index (χ4n) is 5.90. The Hall–Kier alpha value is -3.10. The van der Waals surface area contributed by atoms with Crippen LogP contribution < -0.4 is 9.47 Å². The number of fused-ring (bicyclic) bond motifs is 4. The average molecular weight is 608 g/mol. The van der Waals surface area contributed by atoms with E-state index in [1.54, 1.807) is 6.07 Å². The van der Waals surface area contributed by atoms with Crippen LogP contribution in [-0.4, -0.2) is 61.3 Å². The minimum Gasteiger partial charge on any atom is -0.488 e. The standard InChI is InChI=1S/2C17H18ClNO2/c1-19(2)11-17(20)13-7-4-3-6-12(13)10-21-16-14(17)8-5-9-15(16)18;1-19(2)11-17(20)14-8-7-13(18)9-12(14)10-21-16-6-4-3-5-15(16)17/h2*3-9,20H,10-11H2,1-2H3. The molecular weight excluding hydrogens is 571 g/mol. The molecule has 2 aliphatic heterocycles. The molecule has 220 valence electrons. The first-order chi connectivity index (χ1) is 20.0. The van der Waals surface area contributed by atoms with E-state index in [-0.39, 0.29) is 0 Å². The summed E-state index contributed by atoms with van der Waals surface area (Å²) in [7, 11) is 7.77. The zero-order valence-corrected chi connectivity index (χ0v) is 25.8. The summed E-state index contributed by atoms with van der Waals surface area (Å²) >= 11 is 12.4. The molecule has 2 heterocycles. The van der Waals surface area contributed by atoms with E-state index in [9.17, 15) is 10.2 Å². The van der Waals surface area contributed by atoms with E-state index in [2.05, 4.69) is 0 Å². The van der Waals surface area contributed by atoms with Crippen LogP contribution >= 0.6 is 23.2 Å². The number of para-hydroxylation sites is 2. The number of aliphatic hydroxyl groups is 2. The summed E-state index contributed by atoms with van der Waals surface area (Å²) in [6.45, 7) is 1.74. The Bertz CT molecular complexity index is 1580. The molecule has 0 amide bonds. The first-order valence-corrected chi connectivity index (χ1v) is 14.5. The maximum absolute atomic E-state index is 11.5. The summed E-state index contributed by atoms with van der Waals surface area (Å²) in [4.78, 5) is 3.94. The van der Waals surface area contributed by atoms with Crippen molar-refractivity contribution in [3.8, 4) is 11.5 Å². The lowest BCUT2D eigenvalue weighted by atomic mass is 9.83. The van der Waals surface area contributed by atoms with Crippen molar-refractivity contribution in [1.82, 2.24) is 9.80 Å². The van der Waals surface area contributed by atoms with E-state index in [4.69, 9.17) is 32.7 Å². The van der Waals surface area contributed by atoms with E-state index < -0.39 is 11.2 Å². The molecule has 6 rings (SSSR count). The van der Waals surface area contributed by atoms with Crippen LogP contribution in [-0.2, 0) is 24.4 Å². The minimum absolute atomic E-state index is 0.405. The van der Waals surface area contributed by atoms with E-state index in [1.807, 2.05) is 117 Å². The van der Waals surface area contributed by atoms with E-state index in [1.165, 1.54) is 0 Å². The van der Waals surface area contributed by atoms with Crippen molar-refractivity contribution >= 4 is 23.2 Å². The number of likely N-dealkylation sites (N-methyl/N-ethyl adjacent to an activating group) is 2. The van der Waals surface area contributed by atoms with Gasteiger partial charge in [-0.15, -0.1) is 0 Å². The van der Waals surface area contributed by atoms with Crippen molar-refractivity contribution in [2.75, 3.05) is 41.3 Å². The van der Waals surface area contributed by atoms with Crippen molar-refractivity contribution < 1.29 is 19.7 Å². The zero-order valence-electron chi connectivity index (χ0n) is 24.3. The average Bonchev–Trinajstić information content (AvgIpc) is 3.14. The number of rotatable bonds is 4. The number of hydrogen-bond donors (Lipinski definition) is 2. The van der Waals surface area contributed by atoms with Crippen molar-refractivity contribution in [1.29, 1.82) is 0 Å². The Morgan fingerprint density at radius 2 is 1.21 bits per heavy atom. The molecular formula is C34H36Cl2N2O4. The highest BCUT2D eigenvalue weighted by molar-refractivity contribution is 6.32. The highest BCUT2D eigenvalue weighted by Gasteiger charge is 2.40. The molecule has 0 saturated heterocycles. The van der Waals surface area contributed by atoms with Gasteiger partial charge in [-0.1, -0.05) is 83.9 Å². The van der Waals surface area contributed by atoms with E-state index >= 15 is 0 Å². The maximum Gasteiger partial charge on any atom is 0.144 e. The summed E-state index contributed by atoms with van der Waals surface area (Å²) < 4.78 is 11.7.